The maximum Gasteiger partial charge on any atom is 0 e. The molecule has 0 amide bonds. The second kappa shape index (κ2) is 12.3. The van der Waals surface area contributed by atoms with Crippen molar-refractivity contribution in [2.24, 2.45) is 5.73 Å². The maximum atomic E-state index is 5.34. The summed E-state index contributed by atoms with van der Waals surface area (Å²) in [4.78, 5) is 0. The fraction of sp³-hybridized carbons (Fsp3) is 1.00. The third kappa shape index (κ3) is 11.4. The van der Waals surface area contributed by atoms with Crippen molar-refractivity contribution >= 4 is 0 Å². The summed E-state index contributed by atoms with van der Waals surface area (Å²) in [5.41, 5.74) is 5.34. The van der Waals surface area contributed by atoms with Gasteiger partial charge in [0, 0.05) is 21.1 Å². The minimum Gasteiger partial charge on any atom is -0.330 e. The van der Waals surface area contributed by atoms with E-state index in [1.54, 1.807) is 0 Å². The Kier molecular flexibility index (Phi) is 16.3. The molecule has 0 spiro atoms. The molecular weight excluding hydrogens is 206 g/mol. The molecule has 0 fully saturated rings. The SMILES string of the molecule is CCCCCCCCN.[Mo]. The van der Waals surface area contributed by atoms with Crippen LogP contribution in [0.2, 0.25) is 0 Å². The zero-order valence-electron chi connectivity index (χ0n) is 6.94. The minimum atomic E-state index is 0. The van der Waals surface area contributed by atoms with Crippen molar-refractivity contribution in [3.63, 3.8) is 0 Å². The van der Waals surface area contributed by atoms with E-state index < -0.39 is 0 Å². The molecule has 0 atom stereocenters. The molecular formula is C8H19MoN. The summed E-state index contributed by atoms with van der Waals surface area (Å²) < 4.78 is 0. The predicted molar refractivity (Wildman–Crippen MR) is 42.4 cm³/mol. The Labute approximate surface area is 79.0 Å². The molecule has 0 aliphatic carbocycles. The van der Waals surface area contributed by atoms with Crippen LogP contribution in [0.3, 0.4) is 0 Å². The van der Waals surface area contributed by atoms with Gasteiger partial charge in [-0.05, 0) is 13.0 Å². The van der Waals surface area contributed by atoms with Gasteiger partial charge < -0.3 is 5.73 Å². The second-order valence-corrected chi connectivity index (χ2v) is 2.56. The van der Waals surface area contributed by atoms with Gasteiger partial charge in [-0.3, -0.25) is 0 Å². The van der Waals surface area contributed by atoms with Gasteiger partial charge in [0.2, 0.25) is 0 Å². The summed E-state index contributed by atoms with van der Waals surface area (Å²) in [5, 5.41) is 0. The van der Waals surface area contributed by atoms with Crippen LogP contribution in [0, 0.1) is 0 Å². The third-order valence-electron chi connectivity index (χ3n) is 1.56. The van der Waals surface area contributed by atoms with Gasteiger partial charge in [0.1, 0.15) is 0 Å². The molecule has 0 aromatic rings. The number of hydrogen-bond acceptors (Lipinski definition) is 1. The van der Waals surface area contributed by atoms with Crippen LogP contribution >= 0.6 is 0 Å². The molecule has 0 aliphatic rings. The van der Waals surface area contributed by atoms with Gasteiger partial charge in [-0.15, -0.1) is 0 Å². The fourth-order valence-corrected chi connectivity index (χ4v) is 0.925. The Bertz CT molecular complexity index is 42.5. The molecule has 0 aromatic heterocycles. The van der Waals surface area contributed by atoms with Gasteiger partial charge in [-0.25, -0.2) is 0 Å². The van der Waals surface area contributed by atoms with Crippen LogP contribution in [-0.4, -0.2) is 6.54 Å². The number of unbranched alkanes of at least 4 members (excludes halogenated alkanes) is 5. The van der Waals surface area contributed by atoms with Crippen LogP contribution in [0.1, 0.15) is 45.4 Å². The van der Waals surface area contributed by atoms with Crippen LogP contribution in [0.4, 0.5) is 0 Å². The van der Waals surface area contributed by atoms with Crippen molar-refractivity contribution in [3.05, 3.63) is 0 Å². The fourth-order valence-electron chi connectivity index (χ4n) is 0.925. The zero-order chi connectivity index (χ0) is 6.95. The summed E-state index contributed by atoms with van der Waals surface area (Å²) >= 11 is 0. The van der Waals surface area contributed by atoms with Crippen LogP contribution < -0.4 is 5.73 Å². The van der Waals surface area contributed by atoms with Crippen LogP contribution in [0.5, 0.6) is 0 Å². The summed E-state index contributed by atoms with van der Waals surface area (Å²) in [6.45, 7) is 3.11. The van der Waals surface area contributed by atoms with Crippen molar-refractivity contribution in [2.75, 3.05) is 6.54 Å². The molecule has 0 bridgehead atoms. The van der Waals surface area contributed by atoms with Gasteiger partial charge in [0.15, 0.2) is 0 Å². The summed E-state index contributed by atoms with van der Waals surface area (Å²) in [6.07, 6.45) is 8.05. The summed E-state index contributed by atoms with van der Waals surface area (Å²) in [5.74, 6) is 0. The van der Waals surface area contributed by atoms with Crippen LogP contribution in [-0.2, 0) is 21.1 Å². The van der Waals surface area contributed by atoms with Crippen molar-refractivity contribution in [1.29, 1.82) is 0 Å². The van der Waals surface area contributed by atoms with Crippen molar-refractivity contribution in [3.8, 4) is 0 Å². The Hall–Kier alpha value is 0.648. The molecule has 0 aliphatic heterocycles. The van der Waals surface area contributed by atoms with Gasteiger partial charge >= 0.3 is 0 Å². The molecule has 0 aromatic carbocycles. The van der Waals surface area contributed by atoms with E-state index in [9.17, 15) is 0 Å². The first-order valence-electron chi connectivity index (χ1n) is 4.12. The molecule has 10 heavy (non-hydrogen) atoms. The molecule has 0 rings (SSSR count). The minimum absolute atomic E-state index is 0. The smallest absolute Gasteiger partial charge is 0 e. The van der Waals surface area contributed by atoms with Crippen LogP contribution in [0.25, 0.3) is 0 Å². The average molecular weight is 225 g/mol. The van der Waals surface area contributed by atoms with Crippen LogP contribution in [0.15, 0.2) is 0 Å². The first-order chi connectivity index (χ1) is 4.41. The molecule has 0 unspecified atom stereocenters. The van der Waals surface area contributed by atoms with E-state index >= 15 is 0 Å². The molecule has 0 saturated carbocycles. The van der Waals surface area contributed by atoms with Crippen molar-refractivity contribution in [1.82, 2.24) is 0 Å². The first-order valence-corrected chi connectivity index (χ1v) is 4.12. The number of nitrogens with two attached hydrogens (primary N) is 1. The van der Waals surface area contributed by atoms with Gasteiger partial charge in [0.05, 0.1) is 0 Å². The Morgan fingerprint density at radius 3 is 1.90 bits per heavy atom. The molecule has 0 saturated heterocycles. The average Bonchev–Trinajstić information content (AvgIpc) is 1.89. The standard InChI is InChI=1S/C8H19N.Mo/c1-2-3-4-5-6-7-8-9;/h2-9H2,1H3;. The van der Waals surface area contributed by atoms with Crippen molar-refractivity contribution < 1.29 is 21.1 Å². The second-order valence-electron chi connectivity index (χ2n) is 2.56. The van der Waals surface area contributed by atoms with Crippen molar-refractivity contribution in [2.45, 2.75) is 45.4 Å². The molecule has 0 radical (unpaired) electrons. The number of hydrogen-bond donors (Lipinski definition) is 1. The van der Waals surface area contributed by atoms with E-state index in [-0.39, 0.29) is 21.1 Å². The van der Waals surface area contributed by atoms with E-state index in [2.05, 4.69) is 6.92 Å². The topological polar surface area (TPSA) is 26.0 Å². The normalized spacial score (nSPS) is 9.00. The van der Waals surface area contributed by atoms with E-state index in [1.165, 1.54) is 38.5 Å². The zero-order valence-corrected chi connectivity index (χ0v) is 8.94. The van der Waals surface area contributed by atoms with Gasteiger partial charge in [0.25, 0.3) is 0 Å². The van der Waals surface area contributed by atoms with Gasteiger partial charge in [-0.1, -0.05) is 39.0 Å². The maximum absolute atomic E-state index is 5.34. The summed E-state index contributed by atoms with van der Waals surface area (Å²) in [7, 11) is 0. The monoisotopic (exact) mass is 227 g/mol. The van der Waals surface area contributed by atoms with Gasteiger partial charge in [-0.2, -0.15) is 0 Å². The molecule has 1 nitrogen and oxygen atoms in total. The van der Waals surface area contributed by atoms with E-state index in [4.69, 9.17) is 5.73 Å². The Morgan fingerprint density at radius 1 is 0.900 bits per heavy atom. The Balaban J connectivity index is 0. The van der Waals surface area contributed by atoms with E-state index in [1.807, 2.05) is 0 Å². The quantitative estimate of drug-likeness (QED) is 0.544. The predicted octanol–water partition coefficient (Wildman–Crippen LogP) is 2.30. The number of rotatable bonds is 6. The summed E-state index contributed by atoms with van der Waals surface area (Å²) in [6, 6.07) is 0. The Morgan fingerprint density at radius 2 is 1.40 bits per heavy atom. The third-order valence-corrected chi connectivity index (χ3v) is 1.56. The molecule has 2 N–H and O–H groups in total. The molecule has 0 heterocycles. The van der Waals surface area contributed by atoms with E-state index in [0.717, 1.165) is 6.54 Å². The largest absolute Gasteiger partial charge is 0.330 e. The molecule has 2 heteroatoms. The first kappa shape index (κ1) is 13.3. The van der Waals surface area contributed by atoms with E-state index in [0.29, 0.717) is 0 Å². The molecule has 62 valence electrons.